The molecule has 1 atom stereocenters. The molecule has 3 aromatic rings. The molecule has 160 valence electrons. The van der Waals surface area contributed by atoms with E-state index in [0.717, 1.165) is 32.4 Å². The van der Waals surface area contributed by atoms with Gasteiger partial charge in [0, 0.05) is 25.2 Å². The molecule has 0 spiro atoms. The summed E-state index contributed by atoms with van der Waals surface area (Å²) in [6.45, 7) is 3.46. The Balaban J connectivity index is 1.22. The van der Waals surface area contributed by atoms with Gasteiger partial charge in [-0.2, -0.15) is 4.98 Å². The lowest BCUT2D eigenvalue weighted by Gasteiger charge is -2.34. The van der Waals surface area contributed by atoms with Crippen LogP contribution in [0.3, 0.4) is 0 Å². The third-order valence-corrected chi connectivity index (χ3v) is 6.22. The molecule has 7 heteroatoms. The van der Waals surface area contributed by atoms with Crippen molar-refractivity contribution in [3.63, 3.8) is 0 Å². The second kappa shape index (κ2) is 8.59. The van der Waals surface area contributed by atoms with Gasteiger partial charge >= 0.3 is 0 Å². The highest BCUT2D eigenvalue weighted by molar-refractivity contribution is 5.78. The molecule has 0 bridgehead atoms. The summed E-state index contributed by atoms with van der Waals surface area (Å²) in [6, 6.07) is 14.5. The molecule has 2 aromatic carbocycles. The predicted octanol–water partition coefficient (Wildman–Crippen LogP) is 3.64. The average molecular weight is 420 g/mol. The molecule has 0 N–H and O–H groups in total. The average Bonchev–Trinajstić information content (AvgIpc) is 3.29. The number of piperidine rings is 1. The summed E-state index contributed by atoms with van der Waals surface area (Å²) in [5, 5.41) is 4.04. The van der Waals surface area contributed by atoms with Crippen LogP contribution in [0, 0.1) is 5.82 Å². The Morgan fingerprint density at radius 2 is 2.00 bits per heavy atom. The Morgan fingerprint density at radius 1 is 1.13 bits per heavy atom. The van der Waals surface area contributed by atoms with Gasteiger partial charge in [-0.3, -0.25) is 9.69 Å². The lowest BCUT2D eigenvalue weighted by atomic mass is 9.97. The maximum Gasteiger partial charge on any atom is 0.237 e. The smallest absolute Gasteiger partial charge is 0.237 e. The summed E-state index contributed by atoms with van der Waals surface area (Å²) >= 11 is 0. The fraction of sp³-hybridized carbons (Fsp3) is 0.375. The molecule has 2 aliphatic heterocycles. The zero-order valence-corrected chi connectivity index (χ0v) is 17.3. The number of carbonyl (C=O) groups is 1. The van der Waals surface area contributed by atoms with Crippen molar-refractivity contribution in [1.82, 2.24) is 19.9 Å². The van der Waals surface area contributed by atoms with Crippen LogP contribution in [0.5, 0.6) is 0 Å². The van der Waals surface area contributed by atoms with Gasteiger partial charge in [0.2, 0.25) is 17.6 Å². The van der Waals surface area contributed by atoms with Crippen LogP contribution in [0.15, 0.2) is 53.1 Å². The van der Waals surface area contributed by atoms with Crippen LogP contribution >= 0.6 is 0 Å². The van der Waals surface area contributed by atoms with Gasteiger partial charge in [0.15, 0.2) is 0 Å². The lowest BCUT2D eigenvalue weighted by Crippen LogP contribution is -2.45. The van der Waals surface area contributed by atoms with Crippen LogP contribution in [0.1, 0.15) is 35.8 Å². The summed E-state index contributed by atoms with van der Waals surface area (Å²) in [7, 11) is 0. The van der Waals surface area contributed by atoms with Gasteiger partial charge in [-0.25, -0.2) is 4.39 Å². The van der Waals surface area contributed by atoms with Crippen LogP contribution in [0.4, 0.5) is 4.39 Å². The first kappa shape index (κ1) is 19.9. The third kappa shape index (κ3) is 4.37. The zero-order valence-electron chi connectivity index (χ0n) is 17.3. The van der Waals surface area contributed by atoms with Crippen molar-refractivity contribution >= 4 is 5.91 Å². The summed E-state index contributed by atoms with van der Waals surface area (Å²) in [5.41, 5.74) is 3.19. The van der Waals surface area contributed by atoms with Gasteiger partial charge in [-0.1, -0.05) is 41.6 Å². The number of rotatable bonds is 4. The Bertz CT molecular complexity index is 1080. The molecule has 0 radical (unpaired) electrons. The van der Waals surface area contributed by atoms with E-state index < -0.39 is 0 Å². The Labute approximate surface area is 180 Å². The van der Waals surface area contributed by atoms with Gasteiger partial charge in [0.1, 0.15) is 5.82 Å². The molecule has 1 unspecified atom stereocenters. The number of aromatic nitrogens is 2. The SMILES string of the molecule is O=C(CN1CCCC(c2nc(-c3cccc(F)c3)no2)C1)N1CCc2ccccc2C1. The maximum absolute atomic E-state index is 13.5. The minimum absolute atomic E-state index is 0.0819. The number of benzene rings is 2. The highest BCUT2D eigenvalue weighted by Gasteiger charge is 2.29. The zero-order chi connectivity index (χ0) is 21.2. The first-order valence-corrected chi connectivity index (χ1v) is 10.8. The molecule has 1 aromatic heterocycles. The van der Waals surface area contributed by atoms with Gasteiger partial charge in [-0.05, 0) is 49.1 Å². The van der Waals surface area contributed by atoms with Gasteiger partial charge in [-0.15, -0.1) is 0 Å². The molecule has 1 saturated heterocycles. The van der Waals surface area contributed by atoms with E-state index in [4.69, 9.17) is 4.52 Å². The number of hydrogen-bond donors (Lipinski definition) is 0. The van der Waals surface area contributed by atoms with E-state index in [1.54, 1.807) is 12.1 Å². The number of fused-ring (bicyclic) bond motifs is 1. The largest absolute Gasteiger partial charge is 0.339 e. The molecule has 3 heterocycles. The van der Waals surface area contributed by atoms with Crippen LogP contribution in [-0.4, -0.2) is 52.0 Å². The molecule has 6 nitrogen and oxygen atoms in total. The fourth-order valence-electron chi connectivity index (χ4n) is 4.55. The Hall–Kier alpha value is -3.06. The van der Waals surface area contributed by atoms with Crippen LogP contribution in [0.2, 0.25) is 0 Å². The molecular formula is C24H25FN4O2. The number of nitrogens with zero attached hydrogens (tertiary/aromatic N) is 4. The van der Waals surface area contributed by atoms with Crippen molar-refractivity contribution in [3.8, 4) is 11.4 Å². The van der Waals surface area contributed by atoms with Crippen LogP contribution in [-0.2, 0) is 17.8 Å². The minimum Gasteiger partial charge on any atom is -0.339 e. The highest BCUT2D eigenvalue weighted by Crippen LogP contribution is 2.28. The lowest BCUT2D eigenvalue weighted by molar-refractivity contribution is -0.133. The van der Waals surface area contributed by atoms with Gasteiger partial charge in [0.25, 0.3) is 0 Å². The first-order valence-electron chi connectivity index (χ1n) is 10.8. The summed E-state index contributed by atoms with van der Waals surface area (Å²) in [5.74, 6) is 0.879. The van der Waals surface area contributed by atoms with Gasteiger partial charge in [0.05, 0.1) is 12.5 Å². The molecule has 31 heavy (non-hydrogen) atoms. The second-order valence-corrected chi connectivity index (χ2v) is 8.37. The van der Waals surface area contributed by atoms with Gasteiger partial charge < -0.3 is 9.42 Å². The maximum atomic E-state index is 13.5. The van der Waals surface area contributed by atoms with Crippen LogP contribution < -0.4 is 0 Å². The third-order valence-electron chi connectivity index (χ3n) is 6.22. The standard InChI is InChI=1S/C24H25FN4O2/c25-21-9-3-7-18(13-21)23-26-24(31-27-23)20-8-4-11-28(14-20)16-22(30)29-12-10-17-5-1-2-6-19(17)15-29/h1-3,5-7,9,13,20H,4,8,10-12,14-16H2. The normalized spacial score (nSPS) is 19.3. The van der Waals surface area contributed by atoms with Crippen LogP contribution in [0.25, 0.3) is 11.4 Å². The Kier molecular flexibility index (Phi) is 5.51. The first-order chi connectivity index (χ1) is 15.2. The monoisotopic (exact) mass is 420 g/mol. The predicted molar refractivity (Wildman–Crippen MR) is 114 cm³/mol. The van der Waals surface area contributed by atoms with E-state index in [-0.39, 0.29) is 17.6 Å². The highest BCUT2D eigenvalue weighted by atomic mass is 19.1. The van der Waals surface area contributed by atoms with E-state index in [9.17, 15) is 9.18 Å². The number of halogens is 1. The van der Waals surface area contributed by atoms with Crippen molar-refractivity contribution in [2.24, 2.45) is 0 Å². The fourth-order valence-corrected chi connectivity index (χ4v) is 4.55. The molecular weight excluding hydrogens is 395 g/mol. The van der Waals surface area contributed by atoms with Crippen molar-refractivity contribution in [1.29, 1.82) is 0 Å². The van der Waals surface area contributed by atoms with Crippen molar-refractivity contribution in [3.05, 3.63) is 71.4 Å². The molecule has 0 aliphatic carbocycles. The second-order valence-electron chi connectivity index (χ2n) is 8.37. The number of amides is 1. The van der Waals surface area contributed by atoms with Crippen molar-refractivity contribution < 1.29 is 13.7 Å². The van der Waals surface area contributed by atoms with E-state index >= 15 is 0 Å². The Morgan fingerprint density at radius 3 is 2.87 bits per heavy atom. The number of likely N-dealkylation sites (tertiary alicyclic amines) is 1. The van der Waals surface area contributed by atoms with E-state index in [1.165, 1.54) is 23.3 Å². The van der Waals surface area contributed by atoms with Crippen molar-refractivity contribution in [2.45, 2.75) is 31.7 Å². The molecule has 1 fully saturated rings. The quantitative estimate of drug-likeness (QED) is 0.645. The molecule has 2 aliphatic rings. The topological polar surface area (TPSA) is 62.5 Å². The molecule has 5 rings (SSSR count). The van der Waals surface area contributed by atoms with E-state index in [0.29, 0.717) is 36.9 Å². The molecule has 1 amide bonds. The summed E-state index contributed by atoms with van der Waals surface area (Å²) in [6.07, 6.45) is 2.82. The summed E-state index contributed by atoms with van der Waals surface area (Å²) in [4.78, 5) is 21.6. The number of carbonyl (C=O) groups excluding carboxylic acids is 1. The summed E-state index contributed by atoms with van der Waals surface area (Å²) < 4.78 is 19.0. The molecule has 0 saturated carbocycles. The van der Waals surface area contributed by atoms with E-state index in [2.05, 4.69) is 33.2 Å². The number of hydrogen-bond acceptors (Lipinski definition) is 5. The minimum atomic E-state index is -0.327. The van der Waals surface area contributed by atoms with Crippen molar-refractivity contribution in [2.75, 3.05) is 26.2 Å². The van der Waals surface area contributed by atoms with E-state index in [1.807, 2.05) is 11.0 Å².